The van der Waals surface area contributed by atoms with Gasteiger partial charge in [0.25, 0.3) is 0 Å². The zero-order chi connectivity index (χ0) is 13.5. The van der Waals surface area contributed by atoms with Gasteiger partial charge in [0.15, 0.2) is 0 Å². The summed E-state index contributed by atoms with van der Waals surface area (Å²) in [5.74, 6) is 7.43. The van der Waals surface area contributed by atoms with Crippen LogP contribution in [0.15, 0.2) is 24.5 Å². The minimum atomic E-state index is 0.457. The van der Waals surface area contributed by atoms with Crippen LogP contribution in [0.4, 0.5) is 0 Å². The smallest absolute Gasteiger partial charge is 0.0270 e. The first kappa shape index (κ1) is 14.5. The molecule has 1 aliphatic carbocycles. The van der Waals surface area contributed by atoms with Gasteiger partial charge in [0.1, 0.15) is 0 Å². The molecule has 106 valence electrons. The summed E-state index contributed by atoms with van der Waals surface area (Å²) < 4.78 is 0. The van der Waals surface area contributed by atoms with E-state index in [1.54, 1.807) is 0 Å². The third-order valence-corrected chi connectivity index (χ3v) is 4.72. The van der Waals surface area contributed by atoms with Crippen molar-refractivity contribution in [1.29, 1.82) is 0 Å². The molecule has 1 aromatic heterocycles. The number of pyridine rings is 1. The number of hydrogen-bond donors (Lipinski definition) is 2. The first-order valence-corrected chi connectivity index (χ1v) is 7.70. The van der Waals surface area contributed by atoms with Crippen LogP contribution in [0.25, 0.3) is 0 Å². The molecule has 2 rings (SSSR count). The second-order valence-electron chi connectivity index (χ2n) is 5.78. The molecule has 3 atom stereocenters. The van der Waals surface area contributed by atoms with E-state index in [1.807, 2.05) is 12.4 Å². The Morgan fingerprint density at radius 1 is 1.32 bits per heavy atom. The van der Waals surface area contributed by atoms with Crippen molar-refractivity contribution in [2.45, 2.75) is 57.9 Å². The summed E-state index contributed by atoms with van der Waals surface area (Å²) in [5, 5.41) is 0. The molecule has 1 aromatic rings. The number of hydrazine groups is 1. The van der Waals surface area contributed by atoms with Gasteiger partial charge in [0.05, 0.1) is 0 Å². The lowest BCUT2D eigenvalue weighted by Crippen LogP contribution is -2.44. The predicted octanol–water partition coefficient (Wildman–Crippen LogP) is 3.06. The van der Waals surface area contributed by atoms with Crippen molar-refractivity contribution in [2.24, 2.45) is 17.7 Å². The second-order valence-corrected chi connectivity index (χ2v) is 5.78. The molecule has 3 nitrogen and oxygen atoms in total. The van der Waals surface area contributed by atoms with Crippen LogP contribution in [0.2, 0.25) is 0 Å². The number of nitrogens with zero attached hydrogens (tertiary/aromatic N) is 1. The number of aryl methyl sites for hydroxylation is 1. The van der Waals surface area contributed by atoms with Gasteiger partial charge in [-0.15, -0.1) is 0 Å². The van der Waals surface area contributed by atoms with Crippen molar-refractivity contribution in [3.63, 3.8) is 0 Å². The normalized spacial score (nSPS) is 25.2. The van der Waals surface area contributed by atoms with E-state index < -0.39 is 0 Å². The Balaban J connectivity index is 1.91. The van der Waals surface area contributed by atoms with Crippen LogP contribution in [-0.4, -0.2) is 11.0 Å². The number of nitrogens with two attached hydrogens (primary N) is 1. The van der Waals surface area contributed by atoms with Gasteiger partial charge in [-0.3, -0.25) is 16.3 Å². The van der Waals surface area contributed by atoms with Crippen LogP contribution >= 0.6 is 0 Å². The highest BCUT2D eigenvalue weighted by atomic mass is 15.2. The predicted molar refractivity (Wildman–Crippen MR) is 79.4 cm³/mol. The summed E-state index contributed by atoms with van der Waals surface area (Å²) in [4.78, 5) is 4.07. The highest BCUT2D eigenvalue weighted by Crippen LogP contribution is 2.35. The quantitative estimate of drug-likeness (QED) is 0.611. The van der Waals surface area contributed by atoms with E-state index in [-0.39, 0.29) is 0 Å². The Hall–Kier alpha value is -0.930. The molecule has 0 aliphatic heterocycles. The molecule has 1 fully saturated rings. The molecule has 0 bridgehead atoms. The Labute approximate surface area is 117 Å². The van der Waals surface area contributed by atoms with Crippen LogP contribution in [0, 0.1) is 11.8 Å². The van der Waals surface area contributed by atoms with E-state index in [2.05, 4.69) is 29.5 Å². The lowest BCUT2D eigenvalue weighted by atomic mass is 9.73. The van der Waals surface area contributed by atoms with Crippen molar-refractivity contribution >= 4 is 0 Å². The second kappa shape index (κ2) is 7.61. The molecule has 3 heteroatoms. The lowest BCUT2D eigenvalue weighted by molar-refractivity contribution is 0.169. The standard InChI is InChI=1S/C16H27N3/c1-2-14-5-3-4-6-15(14)16(19-17)8-7-13-9-11-18-12-10-13/h9-12,14-16,19H,2-8,17H2,1H3. The van der Waals surface area contributed by atoms with E-state index in [0.29, 0.717) is 6.04 Å². The van der Waals surface area contributed by atoms with Crippen molar-refractivity contribution < 1.29 is 0 Å². The van der Waals surface area contributed by atoms with Crippen molar-refractivity contribution in [3.05, 3.63) is 30.1 Å². The van der Waals surface area contributed by atoms with E-state index in [4.69, 9.17) is 5.84 Å². The van der Waals surface area contributed by atoms with Crippen molar-refractivity contribution in [1.82, 2.24) is 10.4 Å². The molecular formula is C16H27N3. The summed E-state index contributed by atoms with van der Waals surface area (Å²) in [5.41, 5.74) is 4.45. The molecule has 0 saturated heterocycles. The molecule has 3 N–H and O–H groups in total. The maximum absolute atomic E-state index is 5.82. The first-order valence-electron chi connectivity index (χ1n) is 7.70. The summed E-state index contributed by atoms with van der Waals surface area (Å²) in [6.07, 6.45) is 12.7. The van der Waals surface area contributed by atoms with Gasteiger partial charge < -0.3 is 0 Å². The van der Waals surface area contributed by atoms with Crippen LogP contribution in [0.3, 0.4) is 0 Å². The largest absolute Gasteiger partial charge is 0.271 e. The van der Waals surface area contributed by atoms with Crippen molar-refractivity contribution in [2.75, 3.05) is 0 Å². The molecule has 3 unspecified atom stereocenters. The molecule has 0 spiro atoms. The minimum Gasteiger partial charge on any atom is -0.271 e. The van der Waals surface area contributed by atoms with Crippen LogP contribution in [-0.2, 0) is 6.42 Å². The molecule has 1 aliphatic rings. The van der Waals surface area contributed by atoms with Crippen LogP contribution < -0.4 is 11.3 Å². The molecule has 1 saturated carbocycles. The topological polar surface area (TPSA) is 50.9 Å². The van der Waals surface area contributed by atoms with Gasteiger partial charge in [-0.2, -0.15) is 0 Å². The van der Waals surface area contributed by atoms with Gasteiger partial charge in [0.2, 0.25) is 0 Å². The van der Waals surface area contributed by atoms with Crippen LogP contribution in [0.5, 0.6) is 0 Å². The third kappa shape index (κ3) is 4.02. The summed E-state index contributed by atoms with van der Waals surface area (Å²) in [6, 6.07) is 4.66. The lowest BCUT2D eigenvalue weighted by Gasteiger charge is -2.36. The zero-order valence-corrected chi connectivity index (χ0v) is 12.0. The highest BCUT2D eigenvalue weighted by Gasteiger charge is 2.29. The number of aromatic nitrogens is 1. The van der Waals surface area contributed by atoms with E-state index in [1.165, 1.54) is 37.7 Å². The molecule has 0 radical (unpaired) electrons. The maximum Gasteiger partial charge on any atom is 0.0270 e. The molecule has 1 heterocycles. The summed E-state index contributed by atoms with van der Waals surface area (Å²) in [7, 11) is 0. The summed E-state index contributed by atoms with van der Waals surface area (Å²) >= 11 is 0. The molecule has 0 amide bonds. The first-order chi connectivity index (χ1) is 9.35. The average Bonchev–Trinajstić information content (AvgIpc) is 2.49. The average molecular weight is 261 g/mol. The highest BCUT2D eigenvalue weighted by molar-refractivity contribution is 5.10. The number of rotatable bonds is 6. The number of hydrogen-bond acceptors (Lipinski definition) is 3. The van der Waals surface area contributed by atoms with E-state index in [0.717, 1.165) is 24.7 Å². The van der Waals surface area contributed by atoms with E-state index in [9.17, 15) is 0 Å². The minimum absolute atomic E-state index is 0.457. The monoisotopic (exact) mass is 261 g/mol. The Morgan fingerprint density at radius 2 is 2.05 bits per heavy atom. The SMILES string of the molecule is CCC1CCCCC1C(CCc1ccncc1)NN. The van der Waals surface area contributed by atoms with Gasteiger partial charge in [-0.25, -0.2) is 0 Å². The number of nitrogens with one attached hydrogen (secondary N) is 1. The van der Waals surface area contributed by atoms with Crippen molar-refractivity contribution in [3.8, 4) is 0 Å². The Morgan fingerprint density at radius 3 is 2.74 bits per heavy atom. The van der Waals surface area contributed by atoms with Gasteiger partial charge >= 0.3 is 0 Å². The Bertz CT molecular complexity index is 352. The fourth-order valence-corrected chi connectivity index (χ4v) is 3.57. The zero-order valence-electron chi connectivity index (χ0n) is 12.0. The maximum atomic E-state index is 5.82. The fourth-order valence-electron chi connectivity index (χ4n) is 3.57. The van der Waals surface area contributed by atoms with E-state index >= 15 is 0 Å². The van der Waals surface area contributed by atoms with Gasteiger partial charge in [-0.1, -0.05) is 32.6 Å². The fraction of sp³-hybridized carbons (Fsp3) is 0.688. The van der Waals surface area contributed by atoms with Crippen LogP contribution in [0.1, 0.15) is 51.0 Å². The molecular weight excluding hydrogens is 234 g/mol. The Kier molecular flexibility index (Phi) is 5.80. The third-order valence-electron chi connectivity index (χ3n) is 4.72. The van der Waals surface area contributed by atoms with Gasteiger partial charge in [0, 0.05) is 18.4 Å². The summed E-state index contributed by atoms with van der Waals surface area (Å²) in [6.45, 7) is 2.32. The molecule has 19 heavy (non-hydrogen) atoms. The van der Waals surface area contributed by atoms with Gasteiger partial charge in [-0.05, 0) is 48.8 Å². The molecule has 0 aromatic carbocycles.